The summed E-state index contributed by atoms with van der Waals surface area (Å²) in [6.45, 7) is 6.29. The zero-order chi connectivity index (χ0) is 25.3. The topological polar surface area (TPSA) is 85.8 Å². The number of fused-ring (bicyclic) bond motifs is 1. The number of hydrogen-bond acceptors (Lipinski definition) is 8. The summed E-state index contributed by atoms with van der Waals surface area (Å²) in [5, 5.41) is 3.94. The van der Waals surface area contributed by atoms with Crippen molar-refractivity contribution in [3.05, 3.63) is 47.5 Å². The Labute approximate surface area is 215 Å². The molecule has 0 unspecified atom stereocenters. The van der Waals surface area contributed by atoms with E-state index in [-0.39, 0.29) is 27.1 Å². The molecule has 2 aromatic carbocycles. The zero-order valence-corrected chi connectivity index (χ0v) is 22.4. The molecule has 8 nitrogen and oxygen atoms in total. The first-order valence-electron chi connectivity index (χ1n) is 12.0. The molecule has 0 spiro atoms. The molecule has 5 rings (SSSR count). The quantitative estimate of drug-likeness (QED) is 0.329. The number of nitrogens with one attached hydrogen (secondary N) is 1. The molecule has 11 heteroatoms. The van der Waals surface area contributed by atoms with Crippen LogP contribution in [0.25, 0.3) is 10.9 Å². The second kappa shape index (κ2) is 10.2. The minimum atomic E-state index is -0.526. The number of carbonyl (C=O) groups excluding carboxylic acids is 1. The van der Waals surface area contributed by atoms with E-state index in [1.54, 1.807) is 6.07 Å². The van der Waals surface area contributed by atoms with Crippen molar-refractivity contribution in [1.82, 2.24) is 14.9 Å². The molecule has 1 N–H and O–H groups in total. The van der Waals surface area contributed by atoms with Crippen LogP contribution in [-0.2, 0) is 9.53 Å². The molecule has 2 saturated heterocycles. The summed E-state index contributed by atoms with van der Waals surface area (Å²) in [5.74, 6) is 1.03. The van der Waals surface area contributed by atoms with Gasteiger partial charge in [-0.1, -0.05) is 17.6 Å². The van der Waals surface area contributed by atoms with Crippen molar-refractivity contribution in [3.8, 4) is 11.5 Å². The molecule has 1 atom stereocenters. The van der Waals surface area contributed by atoms with Crippen LogP contribution in [0.15, 0.2) is 36.7 Å². The molecule has 36 heavy (non-hydrogen) atoms. The molecule has 0 amide bonds. The van der Waals surface area contributed by atoms with Crippen molar-refractivity contribution < 1.29 is 23.4 Å². The molecule has 3 aromatic rings. The van der Waals surface area contributed by atoms with E-state index in [1.165, 1.54) is 24.5 Å². The predicted molar refractivity (Wildman–Crippen MR) is 139 cm³/mol. The molecule has 2 aliphatic rings. The van der Waals surface area contributed by atoms with Crippen LogP contribution in [0.5, 0.6) is 11.5 Å². The third-order valence-electron chi connectivity index (χ3n) is 6.07. The summed E-state index contributed by atoms with van der Waals surface area (Å²) in [6.07, 6.45) is 1.46. The number of carbonyl (C=O) groups is 1. The Morgan fingerprint density at radius 1 is 1.25 bits per heavy atom. The van der Waals surface area contributed by atoms with Crippen molar-refractivity contribution in [2.75, 3.05) is 38.2 Å². The normalized spacial score (nSPS) is 19.8. The number of aromatic nitrogens is 2. The summed E-state index contributed by atoms with van der Waals surface area (Å²) in [4.78, 5) is 22.8. The molecule has 2 fully saturated rings. The van der Waals surface area contributed by atoms with E-state index < -0.39 is 11.4 Å². The number of benzene rings is 2. The number of anilines is 2. The van der Waals surface area contributed by atoms with Crippen molar-refractivity contribution in [2.45, 2.75) is 31.0 Å². The van der Waals surface area contributed by atoms with Gasteiger partial charge in [-0.2, -0.15) is 0 Å². The monoisotopic (exact) mass is 530 g/mol. The van der Waals surface area contributed by atoms with Gasteiger partial charge in [0.2, 0.25) is 0 Å². The van der Waals surface area contributed by atoms with Gasteiger partial charge in [0.15, 0.2) is 11.5 Å². The van der Waals surface area contributed by atoms with Gasteiger partial charge in [0.1, 0.15) is 30.2 Å². The first kappa shape index (κ1) is 24.7. The van der Waals surface area contributed by atoms with Crippen molar-refractivity contribution in [2.24, 2.45) is 0 Å². The van der Waals surface area contributed by atoms with Gasteiger partial charge >= 0.3 is 5.97 Å². The lowest BCUT2D eigenvalue weighted by Gasteiger charge is -2.37. The maximum atomic E-state index is 13.6. The Balaban J connectivity index is 1.38. The number of morpholine rings is 1. The van der Waals surface area contributed by atoms with Crippen LogP contribution in [0.1, 0.15) is 13.8 Å². The fraction of sp³-hybridized carbons (Fsp3) is 0.400. The second-order valence-corrected chi connectivity index (χ2v) is 12.6. The van der Waals surface area contributed by atoms with E-state index in [0.717, 1.165) is 5.39 Å². The van der Waals surface area contributed by atoms with Gasteiger partial charge in [-0.3, -0.25) is 9.69 Å². The zero-order valence-electron chi connectivity index (χ0n) is 20.2. The number of ether oxygens (including phenoxy) is 3. The number of rotatable bonds is 9. The molecule has 2 aliphatic heterocycles. The van der Waals surface area contributed by atoms with Crippen LogP contribution in [-0.4, -0.2) is 68.8 Å². The Morgan fingerprint density at radius 2 is 2.06 bits per heavy atom. The maximum absolute atomic E-state index is 13.6. The fourth-order valence-electron chi connectivity index (χ4n) is 4.18. The summed E-state index contributed by atoms with van der Waals surface area (Å²) in [6, 6.07) is 9.42. The first-order valence-corrected chi connectivity index (χ1v) is 14.2. The van der Waals surface area contributed by atoms with Gasteiger partial charge in [0.25, 0.3) is 0 Å². The molecule has 1 aromatic heterocycles. The molecular formula is C25H28ClFN4O4Si. The number of hydrogen-bond donors (Lipinski definition) is 1. The lowest BCUT2D eigenvalue weighted by Crippen LogP contribution is -2.51. The third-order valence-corrected chi connectivity index (χ3v) is 7.99. The van der Waals surface area contributed by atoms with Crippen LogP contribution in [0.3, 0.4) is 0 Å². The Bertz CT molecular complexity index is 1290. The Hall–Kier alpha value is -2.95. The minimum Gasteiger partial charge on any atom is -0.490 e. The van der Waals surface area contributed by atoms with E-state index in [4.69, 9.17) is 25.8 Å². The second-order valence-electron chi connectivity index (χ2n) is 9.84. The lowest BCUT2D eigenvalue weighted by atomic mass is 10.1. The van der Waals surface area contributed by atoms with E-state index in [1.807, 2.05) is 30.9 Å². The summed E-state index contributed by atoms with van der Waals surface area (Å²) in [5.41, 5.74) is 1.47. The van der Waals surface area contributed by atoms with Crippen LogP contribution < -0.4 is 14.8 Å². The Morgan fingerprint density at radius 3 is 2.81 bits per heavy atom. The molecule has 0 aliphatic carbocycles. The fourth-order valence-corrected chi connectivity index (χ4v) is 5.05. The minimum absolute atomic E-state index is 0.0199. The molecule has 0 radical (unpaired) electrons. The summed E-state index contributed by atoms with van der Waals surface area (Å²) < 4.78 is 31.3. The van der Waals surface area contributed by atoms with Gasteiger partial charge in [-0.15, -0.1) is 0 Å². The number of halogens is 2. The average molecular weight is 531 g/mol. The third kappa shape index (κ3) is 6.05. The number of nitrogens with zero attached hydrogens (tertiary/aromatic N) is 3. The largest absolute Gasteiger partial charge is 0.490 e. The van der Waals surface area contributed by atoms with E-state index in [9.17, 15) is 9.18 Å². The molecular weight excluding hydrogens is 503 g/mol. The average Bonchev–Trinajstić information content (AvgIpc) is 3.64. The van der Waals surface area contributed by atoms with Gasteiger partial charge in [0.05, 0.1) is 23.7 Å². The number of cyclic esters (lactones) is 1. The first-order chi connectivity index (χ1) is 17.3. The van der Waals surface area contributed by atoms with Crippen molar-refractivity contribution >= 4 is 49.5 Å². The van der Waals surface area contributed by atoms with Crippen LogP contribution in [0.4, 0.5) is 15.9 Å². The predicted octanol–water partition coefficient (Wildman–Crippen LogP) is 3.95. The Kier molecular flexibility index (Phi) is 7.00. The van der Waals surface area contributed by atoms with Crippen molar-refractivity contribution in [1.29, 1.82) is 0 Å². The molecule has 0 saturated carbocycles. The van der Waals surface area contributed by atoms with Gasteiger partial charge in [-0.05, 0) is 43.7 Å². The van der Waals surface area contributed by atoms with Crippen LogP contribution in [0, 0.1) is 5.82 Å². The molecule has 0 bridgehead atoms. The SMILES string of the molecule is CC1(C)CN(CCOc2cc3c(Nc4ccc(F)c(Cl)c4)ncnc3cc2OC[C@@H]2C[SiH2]2)CC(=O)O1. The highest BCUT2D eigenvalue weighted by Gasteiger charge is 2.32. The standard InChI is InChI=1S/C25H28ClFN4O4Si/c1-25(2)13-31(10-23(32)35-25)5-6-33-21-8-17-20(9-22(21)34-11-16-12-36-16)28-14-29-24(17)30-15-3-4-19(27)18(26)7-15/h3-4,7-9,14,16H,5-6,10-13,36H2,1-2H3,(H,28,29,30)/t16-/m1/s1. The lowest BCUT2D eigenvalue weighted by molar-refractivity contribution is -0.169. The van der Waals surface area contributed by atoms with E-state index >= 15 is 0 Å². The van der Waals surface area contributed by atoms with Crippen LogP contribution >= 0.6 is 11.6 Å². The van der Waals surface area contributed by atoms with Gasteiger partial charge in [0, 0.05) is 39.7 Å². The van der Waals surface area contributed by atoms with Crippen molar-refractivity contribution in [3.63, 3.8) is 0 Å². The molecule has 3 heterocycles. The molecule has 190 valence electrons. The van der Waals surface area contributed by atoms with Gasteiger partial charge < -0.3 is 19.5 Å². The number of esters is 1. The van der Waals surface area contributed by atoms with Crippen LogP contribution in [0.2, 0.25) is 16.6 Å². The highest BCUT2D eigenvalue weighted by molar-refractivity contribution is 6.50. The highest BCUT2D eigenvalue weighted by Crippen LogP contribution is 2.37. The summed E-state index contributed by atoms with van der Waals surface area (Å²) >= 11 is 5.94. The van der Waals surface area contributed by atoms with Gasteiger partial charge in [-0.25, -0.2) is 14.4 Å². The smallest absolute Gasteiger partial charge is 0.320 e. The van der Waals surface area contributed by atoms with E-state index in [2.05, 4.69) is 15.3 Å². The van der Waals surface area contributed by atoms with E-state index in [0.29, 0.717) is 60.4 Å². The maximum Gasteiger partial charge on any atom is 0.320 e. The summed E-state index contributed by atoms with van der Waals surface area (Å²) in [7, 11) is 0.0305. The highest BCUT2D eigenvalue weighted by atomic mass is 35.5.